The molecule has 3 atom stereocenters. The Balaban J connectivity index is 2.23. The van der Waals surface area contributed by atoms with Crippen molar-refractivity contribution < 1.29 is 0 Å². The van der Waals surface area contributed by atoms with Crippen LogP contribution in [0.15, 0.2) is 0 Å². The highest BCUT2D eigenvalue weighted by Gasteiger charge is 2.31. The third-order valence-electron chi connectivity index (χ3n) is 4.46. The van der Waals surface area contributed by atoms with E-state index in [9.17, 15) is 0 Å². The highest BCUT2D eigenvalue weighted by atomic mass is 32.2. The van der Waals surface area contributed by atoms with Crippen LogP contribution in [0.2, 0.25) is 0 Å². The monoisotopic (exact) mass is 272 g/mol. The molecule has 0 aromatic carbocycles. The maximum Gasteiger partial charge on any atom is 0.0120 e. The minimum absolute atomic E-state index is 0.734. The Bertz CT molecular complexity index is 211. The first-order chi connectivity index (χ1) is 8.70. The molecule has 108 valence electrons. The van der Waals surface area contributed by atoms with Crippen LogP contribution in [-0.4, -0.2) is 48.6 Å². The largest absolute Gasteiger partial charge is 0.314 e. The lowest BCUT2D eigenvalue weighted by Gasteiger charge is -2.43. The van der Waals surface area contributed by atoms with Crippen molar-refractivity contribution >= 4 is 11.8 Å². The van der Waals surface area contributed by atoms with E-state index >= 15 is 0 Å². The van der Waals surface area contributed by atoms with Crippen LogP contribution in [-0.2, 0) is 0 Å². The predicted molar refractivity (Wildman–Crippen MR) is 84.5 cm³/mol. The van der Waals surface area contributed by atoms with Crippen LogP contribution in [0, 0.1) is 5.92 Å². The molecule has 2 nitrogen and oxygen atoms in total. The number of unbranched alkanes of at least 4 members (excludes halogenated alkanes) is 2. The van der Waals surface area contributed by atoms with Crippen molar-refractivity contribution in [1.29, 1.82) is 0 Å². The van der Waals surface area contributed by atoms with E-state index in [0.29, 0.717) is 0 Å². The van der Waals surface area contributed by atoms with E-state index in [1.807, 2.05) is 11.8 Å². The summed E-state index contributed by atoms with van der Waals surface area (Å²) in [6.45, 7) is 10.7. The Morgan fingerprint density at radius 1 is 1.22 bits per heavy atom. The van der Waals surface area contributed by atoms with Gasteiger partial charge in [-0.05, 0) is 63.7 Å². The van der Waals surface area contributed by atoms with Gasteiger partial charge in [0.15, 0.2) is 0 Å². The molecule has 0 aromatic rings. The molecule has 0 aromatic heterocycles. The molecule has 0 aliphatic carbocycles. The van der Waals surface area contributed by atoms with E-state index in [1.165, 1.54) is 44.5 Å². The number of likely N-dealkylation sites (tertiary alicyclic amines) is 1. The second kappa shape index (κ2) is 9.22. The molecule has 0 saturated carbocycles. The first kappa shape index (κ1) is 16.3. The molecule has 1 fully saturated rings. The summed E-state index contributed by atoms with van der Waals surface area (Å²) in [5, 5.41) is 3.64. The number of nitrogens with zero attached hydrogens (tertiary/aromatic N) is 1. The van der Waals surface area contributed by atoms with Crippen molar-refractivity contribution in [3.63, 3.8) is 0 Å². The molecule has 1 N–H and O–H groups in total. The van der Waals surface area contributed by atoms with Gasteiger partial charge >= 0.3 is 0 Å². The van der Waals surface area contributed by atoms with E-state index < -0.39 is 0 Å². The van der Waals surface area contributed by atoms with E-state index in [2.05, 4.69) is 37.2 Å². The Morgan fingerprint density at radius 2 is 2.00 bits per heavy atom. The van der Waals surface area contributed by atoms with E-state index in [-0.39, 0.29) is 0 Å². The van der Waals surface area contributed by atoms with Crippen molar-refractivity contribution in [2.75, 3.05) is 31.6 Å². The van der Waals surface area contributed by atoms with Gasteiger partial charge in [-0.2, -0.15) is 11.8 Å². The predicted octanol–water partition coefficient (Wildman–Crippen LogP) is 3.23. The van der Waals surface area contributed by atoms with Gasteiger partial charge in [0.25, 0.3) is 0 Å². The summed E-state index contributed by atoms with van der Waals surface area (Å²) in [4.78, 5) is 2.71. The fraction of sp³-hybridized carbons (Fsp3) is 1.00. The Labute approximate surface area is 118 Å². The summed E-state index contributed by atoms with van der Waals surface area (Å²) in [6, 6.07) is 1.47. The fourth-order valence-electron chi connectivity index (χ4n) is 3.04. The minimum Gasteiger partial charge on any atom is -0.314 e. The highest BCUT2D eigenvalue weighted by molar-refractivity contribution is 7.98. The second-order valence-electron chi connectivity index (χ2n) is 5.64. The first-order valence-electron chi connectivity index (χ1n) is 7.67. The molecule has 1 rings (SSSR count). The average Bonchev–Trinajstić information content (AvgIpc) is 2.37. The van der Waals surface area contributed by atoms with Gasteiger partial charge in [-0.25, -0.2) is 0 Å². The van der Waals surface area contributed by atoms with Gasteiger partial charge in [-0.1, -0.05) is 20.3 Å². The highest BCUT2D eigenvalue weighted by Crippen LogP contribution is 2.24. The minimum atomic E-state index is 0.734. The smallest absolute Gasteiger partial charge is 0.0120 e. The third-order valence-corrected chi connectivity index (χ3v) is 5.16. The van der Waals surface area contributed by atoms with E-state index in [0.717, 1.165) is 24.5 Å². The summed E-state index contributed by atoms with van der Waals surface area (Å²) >= 11 is 1.97. The molecule has 0 amide bonds. The molecule has 1 saturated heterocycles. The third kappa shape index (κ3) is 5.10. The average molecular weight is 273 g/mol. The molecule has 0 spiro atoms. The normalized spacial score (nSPS) is 29.7. The number of thioether (sulfide) groups is 1. The van der Waals surface area contributed by atoms with Crippen LogP contribution in [0.4, 0.5) is 0 Å². The maximum absolute atomic E-state index is 3.64. The van der Waals surface area contributed by atoms with Crippen LogP contribution >= 0.6 is 11.8 Å². The summed E-state index contributed by atoms with van der Waals surface area (Å²) < 4.78 is 0. The summed E-state index contributed by atoms with van der Waals surface area (Å²) in [5.74, 6) is 2.11. The van der Waals surface area contributed by atoms with E-state index in [4.69, 9.17) is 0 Å². The number of rotatable bonds is 8. The van der Waals surface area contributed by atoms with Crippen molar-refractivity contribution in [2.24, 2.45) is 5.92 Å². The molecule has 1 heterocycles. The molecule has 1 aliphatic heterocycles. The van der Waals surface area contributed by atoms with Gasteiger partial charge in [-0.15, -0.1) is 0 Å². The fourth-order valence-corrected chi connectivity index (χ4v) is 3.54. The number of piperidine rings is 1. The van der Waals surface area contributed by atoms with Gasteiger partial charge in [-0.3, -0.25) is 0 Å². The van der Waals surface area contributed by atoms with Gasteiger partial charge in [0, 0.05) is 12.1 Å². The molecular formula is C15H32N2S. The first-order valence-corrected chi connectivity index (χ1v) is 9.06. The van der Waals surface area contributed by atoms with Crippen molar-refractivity contribution in [1.82, 2.24) is 10.2 Å². The van der Waals surface area contributed by atoms with E-state index in [1.54, 1.807) is 0 Å². The van der Waals surface area contributed by atoms with Gasteiger partial charge in [0.1, 0.15) is 0 Å². The molecular weight excluding hydrogens is 240 g/mol. The standard InChI is InChI=1S/C15H32N2S/c1-5-16-15-9-11-17(14(3)13(15)2)10-7-6-8-12-18-4/h13-16H,5-12H2,1-4H3. The molecule has 0 radical (unpaired) electrons. The summed E-state index contributed by atoms with van der Waals surface area (Å²) in [6.07, 6.45) is 7.69. The summed E-state index contributed by atoms with van der Waals surface area (Å²) in [5.41, 5.74) is 0. The Hall–Kier alpha value is 0.270. The number of nitrogens with one attached hydrogen (secondary N) is 1. The zero-order valence-corrected chi connectivity index (χ0v) is 13.6. The van der Waals surface area contributed by atoms with Gasteiger partial charge in [0.2, 0.25) is 0 Å². The van der Waals surface area contributed by atoms with Crippen LogP contribution in [0.3, 0.4) is 0 Å². The molecule has 3 unspecified atom stereocenters. The van der Waals surface area contributed by atoms with Crippen LogP contribution in [0.25, 0.3) is 0 Å². The Kier molecular flexibility index (Phi) is 8.36. The maximum atomic E-state index is 3.64. The number of hydrogen-bond donors (Lipinski definition) is 1. The van der Waals surface area contributed by atoms with Crippen LogP contribution < -0.4 is 5.32 Å². The van der Waals surface area contributed by atoms with Crippen molar-refractivity contribution in [3.05, 3.63) is 0 Å². The lowest BCUT2D eigenvalue weighted by atomic mass is 9.87. The molecule has 1 aliphatic rings. The molecule has 3 heteroatoms. The molecule has 18 heavy (non-hydrogen) atoms. The van der Waals surface area contributed by atoms with Gasteiger partial charge < -0.3 is 10.2 Å². The van der Waals surface area contributed by atoms with Crippen LogP contribution in [0.1, 0.15) is 46.5 Å². The molecule has 0 bridgehead atoms. The second-order valence-corrected chi connectivity index (χ2v) is 6.63. The zero-order chi connectivity index (χ0) is 13.4. The van der Waals surface area contributed by atoms with Crippen molar-refractivity contribution in [3.8, 4) is 0 Å². The Morgan fingerprint density at radius 3 is 2.67 bits per heavy atom. The lowest BCUT2D eigenvalue weighted by molar-refractivity contribution is 0.0840. The van der Waals surface area contributed by atoms with Crippen molar-refractivity contribution in [2.45, 2.75) is 58.5 Å². The van der Waals surface area contributed by atoms with Crippen LogP contribution in [0.5, 0.6) is 0 Å². The topological polar surface area (TPSA) is 15.3 Å². The zero-order valence-electron chi connectivity index (χ0n) is 12.7. The van der Waals surface area contributed by atoms with Gasteiger partial charge in [0.05, 0.1) is 0 Å². The number of hydrogen-bond acceptors (Lipinski definition) is 3. The quantitative estimate of drug-likeness (QED) is 0.683. The lowest BCUT2D eigenvalue weighted by Crippen LogP contribution is -2.53. The summed E-state index contributed by atoms with van der Waals surface area (Å²) in [7, 11) is 0. The SMILES string of the molecule is CCNC1CCN(CCCCCSC)C(C)C1C.